The molecule has 0 spiro atoms. The molecule has 0 heterocycles. The van der Waals surface area contributed by atoms with Crippen molar-refractivity contribution < 1.29 is 4.79 Å². The van der Waals surface area contributed by atoms with Gasteiger partial charge in [-0.25, -0.2) is 0 Å². The average molecular weight is 156 g/mol. The van der Waals surface area contributed by atoms with Gasteiger partial charge in [0.25, 0.3) is 0 Å². The normalized spacial score (nSPS) is 11.4. The van der Waals surface area contributed by atoms with Gasteiger partial charge in [0.15, 0.2) is 0 Å². The highest BCUT2D eigenvalue weighted by atomic mass is 16.2. The van der Waals surface area contributed by atoms with E-state index in [0.29, 0.717) is 6.42 Å². The van der Waals surface area contributed by atoms with Gasteiger partial charge in [-0.1, -0.05) is 0 Å². The fraction of sp³-hybridized carbons (Fsp3) is 0.778. The molecule has 0 atom stereocenters. The second-order valence-corrected chi connectivity index (χ2v) is 3.56. The number of hydrogen-bond acceptors (Lipinski definition) is 1. The van der Waals surface area contributed by atoms with Crippen LogP contribution in [0.4, 0.5) is 0 Å². The molecule has 2 heteroatoms. The fourth-order valence-corrected chi connectivity index (χ4v) is 1.16. The Labute approximate surface area is 69.6 Å². The van der Waals surface area contributed by atoms with Gasteiger partial charge in [-0.2, -0.15) is 0 Å². The summed E-state index contributed by atoms with van der Waals surface area (Å²) in [6, 6.07) is 0. The summed E-state index contributed by atoms with van der Waals surface area (Å²) in [7, 11) is 0. The maximum Gasteiger partial charge on any atom is 0.222 e. The molecule has 1 radical (unpaired) electrons. The summed E-state index contributed by atoms with van der Waals surface area (Å²) in [4.78, 5) is 13.1. The van der Waals surface area contributed by atoms with E-state index in [0.717, 1.165) is 6.54 Å². The molecule has 0 aromatic carbocycles. The van der Waals surface area contributed by atoms with Crippen molar-refractivity contribution >= 4 is 5.91 Å². The predicted molar refractivity (Wildman–Crippen MR) is 47.1 cm³/mol. The SMILES string of the molecule is [CH2]CC(=O)N(CC)C(C)(C)C. The van der Waals surface area contributed by atoms with Crippen LogP contribution in [0.2, 0.25) is 0 Å². The van der Waals surface area contributed by atoms with Crippen molar-refractivity contribution in [2.45, 2.75) is 39.7 Å². The topological polar surface area (TPSA) is 20.3 Å². The summed E-state index contributed by atoms with van der Waals surface area (Å²) in [5.74, 6) is 0.125. The molecule has 0 aromatic heterocycles. The van der Waals surface area contributed by atoms with Crippen molar-refractivity contribution in [3.63, 3.8) is 0 Å². The Balaban J connectivity index is 4.29. The Hall–Kier alpha value is -0.530. The van der Waals surface area contributed by atoms with E-state index in [1.165, 1.54) is 0 Å². The molecule has 0 saturated carbocycles. The van der Waals surface area contributed by atoms with E-state index in [1.807, 2.05) is 32.6 Å². The first-order valence-corrected chi connectivity index (χ1v) is 4.03. The minimum Gasteiger partial charge on any atom is -0.338 e. The zero-order valence-electron chi connectivity index (χ0n) is 7.98. The standard InChI is InChI=1S/C9H18NO/c1-6-8(11)10(7-2)9(3,4)5/h1,6-7H2,2-5H3. The van der Waals surface area contributed by atoms with Crippen molar-refractivity contribution in [2.24, 2.45) is 0 Å². The Morgan fingerprint density at radius 3 is 2.00 bits per heavy atom. The van der Waals surface area contributed by atoms with Crippen molar-refractivity contribution in [3.8, 4) is 0 Å². The molecular weight excluding hydrogens is 138 g/mol. The molecule has 0 bridgehead atoms. The third-order valence-corrected chi connectivity index (χ3v) is 1.64. The van der Waals surface area contributed by atoms with Gasteiger partial charge in [0.1, 0.15) is 0 Å². The van der Waals surface area contributed by atoms with Crippen LogP contribution in [0.5, 0.6) is 0 Å². The Bertz CT molecular complexity index is 135. The smallest absolute Gasteiger partial charge is 0.222 e. The van der Waals surface area contributed by atoms with Crippen molar-refractivity contribution in [3.05, 3.63) is 6.92 Å². The number of hydrogen-bond donors (Lipinski definition) is 0. The van der Waals surface area contributed by atoms with Crippen LogP contribution in [0.15, 0.2) is 0 Å². The lowest BCUT2D eigenvalue weighted by molar-refractivity contribution is -0.134. The largest absolute Gasteiger partial charge is 0.338 e. The van der Waals surface area contributed by atoms with Gasteiger partial charge in [0.2, 0.25) is 5.91 Å². The van der Waals surface area contributed by atoms with E-state index >= 15 is 0 Å². The highest BCUT2D eigenvalue weighted by Crippen LogP contribution is 2.13. The van der Waals surface area contributed by atoms with Crippen molar-refractivity contribution in [1.29, 1.82) is 0 Å². The van der Waals surface area contributed by atoms with Crippen LogP contribution in [0, 0.1) is 6.92 Å². The highest BCUT2D eigenvalue weighted by molar-refractivity contribution is 5.77. The lowest BCUT2D eigenvalue weighted by atomic mass is 10.1. The molecule has 0 aromatic rings. The number of amides is 1. The van der Waals surface area contributed by atoms with Crippen molar-refractivity contribution in [1.82, 2.24) is 4.90 Å². The Morgan fingerprint density at radius 1 is 1.45 bits per heavy atom. The van der Waals surface area contributed by atoms with E-state index in [9.17, 15) is 4.79 Å². The molecule has 2 nitrogen and oxygen atoms in total. The van der Waals surface area contributed by atoms with Crippen LogP contribution < -0.4 is 0 Å². The molecule has 0 aliphatic rings. The number of rotatable bonds is 2. The van der Waals surface area contributed by atoms with E-state index in [-0.39, 0.29) is 11.4 Å². The molecule has 0 unspecified atom stereocenters. The lowest BCUT2D eigenvalue weighted by Gasteiger charge is -2.34. The van der Waals surface area contributed by atoms with Crippen LogP contribution in [0.25, 0.3) is 0 Å². The zero-order chi connectivity index (χ0) is 9.07. The van der Waals surface area contributed by atoms with Gasteiger partial charge in [-0.15, -0.1) is 0 Å². The first-order chi connectivity index (χ1) is 4.93. The maximum absolute atomic E-state index is 11.3. The average Bonchev–Trinajstić information content (AvgIpc) is 1.86. The molecule has 0 fully saturated rings. The summed E-state index contributed by atoms with van der Waals surface area (Å²) in [6.07, 6.45) is 0.352. The third kappa shape index (κ3) is 2.91. The maximum atomic E-state index is 11.3. The minimum absolute atomic E-state index is 0.0659. The number of nitrogens with zero attached hydrogens (tertiary/aromatic N) is 1. The van der Waals surface area contributed by atoms with Crippen molar-refractivity contribution in [2.75, 3.05) is 6.54 Å². The summed E-state index contributed by atoms with van der Waals surface area (Å²) >= 11 is 0. The Morgan fingerprint density at radius 2 is 1.91 bits per heavy atom. The van der Waals surface area contributed by atoms with E-state index in [1.54, 1.807) is 0 Å². The minimum atomic E-state index is -0.0659. The second-order valence-electron chi connectivity index (χ2n) is 3.56. The first-order valence-electron chi connectivity index (χ1n) is 4.03. The molecule has 11 heavy (non-hydrogen) atoms. The molecule has 0 aliphatic carbocycles. The Kier molecular flexibility index (Phi) is 3.56. The first kappa shape index (κ1) is 10.5. The van der Waals surface area contributed by atoms with Gasteiger partial charge >= 0.3 is 0 Å². The van der Waals surface area contributed by atoms with E-state index in [4.69, 9.17) is 0 Å². The van der Waals surface area contributed by atoms with Crippen LogP contribution in [0.1, 0.15) is 34.1 Å². The van der Waals surface area contributed by atoms with Gasteiger partial charge in [-0.05, 0) is 34.6 Å². The molecule has 65 valence electrons. The van der Waals surface area contributed by atoms with E-state index < -0.39 is 0 Å². The summed E-state index contributed by atoms with van der Waals surface area (Å²) < 4.78 is 0. The van der Waals surface area contributed by atoms with Crippen LogP contribution in [0.3, 0.4) is 0 Å². The fourth-order valence-electron chi connectivity index (χ4n) is 1.16. The number of carbonyl (C=O) groups excluding carboxylic acids is 1. The van der Waals surface area contributed by atoms with Gasteiger partial charge in [0, 0.05) is 18.5 Å². The number of carbonyl (C=O) groups is 1. The lowest BCUT2D eigenvalue weighted by Crippen LogP contribution is -2.45. The molecule has 0 saturated heterocycles. The van der Waals surface area contributed by atoms with Crippen LogP contribution in [-0.4, -0.2) is 22.9 Å². The highest BCUT2D eigenvalue weighted by Gasteiger charge is 2.22. The summed E-state index contributed by atoms with van der Waals surface area (Å²) in [5.41, 5.74) is -0.0659. The van der Waals surface area contributed by atoms with E-state index in [2.05, 4.69) is 6.92 Å². The van der Waals surface area contributed by atoms with Crippen LogP contribution in [-0.2, 0) is 4.79 Å². The molecular formula is C9H18NO. The second kappa shape index (κ2) is 3.74. The third-order valence-electron chi connectivity index (χ3n) is 1.64. The molecule has 0 N–H and O–H groups in total. The monoisotopic (exact) mass is 156 g/mol. The van der Waals surface area contributed by atoms with Gasteiger partial charge in [0.05, 0.1) is 0 Å². The molecule has 0 aliphatic heterocycles. The van der Waals surface area contributed by atoms with Crippen LogP contribution >= 0.6 is 0 Å². The molecule has 1 amide bonds. The van der Waals surface area contributed by atoms with Gasteiger partial charge < -0.3 is 4.90 Å². The molecule has 0 rings (SSSR count). The quantitative estimate of drug-likeness (QED) is 0.597. The summed E-state index contributed by atoms with van der Waals surface area (Å²) in [5, 5.41) is 0. The van der Waals surface area contributed by atoms with Gasteiger partial charge in [-0.3, -0.25) is 4.79 Å². The zero-order valence-corrected chi connectivity index (χ0v) is 7.98. The summed E-state index contributed by atoms with van der Waals surface area (Å²) in [6.45, 7) is 12.4. The predicted octanol–water partition coefficient (Wildman–Crippen LogP) is 1.86.